The fourth-order valence-corrected chi connectivity index (χ4v) is 1.61. The second kappa shape index (κ2) is 4.00. The Morgan fingerprint density at radius 3 is 2.29 bits per heavy atom. The molecule has 0 aliphatic rings. The van der Waals surface area contributed by atoms with Crippen LogP contribution in [0.15, 0.2) is 10.9 Å². The first-order chi connectivity index (χ1) is 6.43. The molecule has 0 amide bonds. The summed E-state index contributed by atoms with van der Waals surface area (Å²) in [5.74, 6) is 0.542. The summed E-state index contributed by atoms with van der Waals surface area (Å²) in [4.78, 5) is 11.3. The molecule has 1 atom stereocenters. The van der Waals surface area contributed by atoms with Crippen molar-refractivity contribution in [2.45, 2.75) is 26.3 Å². The standard InChI is InChI=1S/C10H19N3O/c1-7(2)5-8(11)9-6-10(14)13(4)12(9)3/h6-8H,5,11H2,1-4H3/t8-/m1/s1. The van der Waals surface area contributed by atoms with E-state index in [4.69, 9.17) is 5.73 Å². The molecule has 1 heterocycles. The third-order valence-electron chi connectivity index (χ3n) is 2.52. The van der Waals surface area contributed by atoms with E-state index in [-0.39, 0.29) is 11.6 Å². The Labute approximate surface area is 84.3 Å². The average molecular weight is 197 g/mol. The summed E-state index contributed by atoms with van der Waals surface area (Å²) in [6, 6.07) is 1.57. The molecular weight excluding hydrogens is 178 g/mol. The van der Waals surface area contributed by atoms with Gasteiger partial charge in [-0.3, -0.25) is 14.2 Å². The predicted molar refractivity (Wildman–Crippen MR) is 57.0 cm³/mol. The summed E-state index contributed by atoms with van der Waals surface area (Å²) in [6.07, 6.45) is 0.900. The molecule has 0 fully saturated rings. The van der Waals surface area contributed by atoms with Crippen molar-refractivity contribution in [3.05, 3.63) is 22.1 Å². The molecular formula is C10H19N3O. The second-order valence-electron chi connectivity index (χ2n) is 4.19. The van der Waals surface area contributed by atoms with Crippen molar-refractivity contribution >= 4 is 0 Å². The molecule has 0 saturated heterocycles. The van der Waals surface area contributed by atoms with E-state index in [1.165, 1.54) is 0 Å². The van der Waals surface area contributed by atoms with Gasteiger partial charge in [-0.05, 0) is 12.3 Å². The highest BCUT2D eigenvalue weighted by molar-refractivity contribution is 5.07. The van der Waals surface area contributed by atoms with Gasteiger partial charge in [-0.1, -0.05) is 13.8 Å². The van der Waals surface area contributed by atoms with Crippen LogP contribution >= 0.6 is 0 Å². The largest absolute Gasteiger partial charge is 0.323 e. The number of rotatable bonds is 3. The van der Waals surface area contributed by atoms with Crippen molar-refractivity contribution in [1.82, 2.24) is 9.36 Å². The minimum Gasteiger partial charge on any atom is -0.323 e. The first-order valence-electron chi connectivity index (χ1n) is 4.92. The monoisotopic (exact) mass is 197 g/mol. The fourth-order valence-electron chi connectivity index (χ4n) is 1.61. The zero-order valence-corrected chi connectivity index (χ0v) is 9.32. The topological polar surface area (TPSA) is 53.0 Å². The minimum absolute atomic E-state index is 0.00158. The van der Waals surface area contributed by atoms with Crippen LogP contribution in [-0.4, -0.2) is 9.36 Å². The number of aromatic nitrogens is 2. The van der Waals surface area contributed by atoms with Crippen LogP contribution in [0.1, 0.15) is 32.0 Å². The van der Waals surface area contributed by atoms with Gasteiger partial charge in [-0.2, -0.15) is 0 Å². The average Bonchev–Trinajstić information content (AvgIpc) is 2.32. The number of nitrogens with zero attached hydrogens (tertiary/aromatic N) is 2. The van der Waals surface area contributed by atoms with Gasteiger partial charge in [-0.15, -0.1) is 0 Å². The highest BCUT2D eigenvalue weighted by atomic mass is 16.1. The van der Waals surface area contributed by atoms with Gasteiger partial charge in [0.25, 0.3) is 5.56 Å². The van der Waals surface area contributed by atoms with Gasteiger partial charge in [0.15, 0.2) is 0 Å². The lowest BCUT2D eigenvalue weighted by Gasteiger charge is -2.15. The molecule has 0 aromatic carbocycles. The molecule has 1 rings (SSSR count). The zero-order chi connectivity index (χ0) is 10.9. The molecule has 0 unspecified atom stereocenters. The van der Waals surface area contributed by atoms with E-state index in [2.05, 4.69) is 13.8 Å². The van der Waals surface area contributed by atoms with E-state index >= 15 is 0 Å². The van der Waals surface area contributed by atoms with Gasteiger partial charge >= 0.3 is 0 Å². The normalized spacial score (nSPS) is 13.6. The molecule has 4 heteroatoms. The van der Waals surface area contributed by atoms with Crippen LogP contribution in [0.25, 0.3) is 0 Å². The molecule has 14 heavy (non-hydrogen) atoms. The molecule has 0 aliphatic heterocycles. The molecule has 1 aromatic heterocycles. The highest BCUT2D eigenvalue weighted by Gasteiger charge is 2.14. The maximum atomic E-state index is 11.3. The quantitative estimate of drug-likeness (QED) is 0.778. The lowest BCUT2D eigenvalue weighted by Crippen LogP contribution is -2.20. The Morgan fingerprint density at radius 1 is 1.36 bits per heavy atom. The highest BCUT2D eigenvalue weighted by Crippen LogP contribution is 2.16. The number of hydrogen-bond acceptors (Lipinski definition) is 2. The molecule has 0 spiro atoms. The van der Waals surface area contributed by atoms with Crippen molar-refractivity contribution in [2.75, 3.05) is 0 Å². The van der Waals surface area contributed by atoms with E-state index < -0.39 is 0 Å². The van der Waals surface area contributed by atoms with Crippen molar-refractivity contribution in [3.63, 3.8) is 0 Å². The van der Waals surface area contributed by atoms with E-state index in [1.54, 1.807) is 17.8 Å². The lowest BCUT2D eigenvalue weighted by atomic mass is 10.0. The SMILES string of the molecule is CC(C)C[C@@H](N)c1cc(=O)n(C)n1C. The van der Waals surface area contributed by atoms with Gasteiger partial charge in [0.05, 0.1) is 5.69 Å². The third-order valence-corrected chi connectivity index (χ3v) is 2.52. The number of nitrogens with two attached hydrogens (primary N) is 1. The van der Waals surface area contributed by atoms with E-state index in [0.717, 1.165) is 12.1 Å². The smallest absolute Gasteiger partial charge is 0.266 e. The van der Waals surface area contributed by atoms with E-state index in [0.29, 0.717) is 5.92 Å². The molecule has 4 nitrogen and oxygen atoms in total. The van der Waals surface area contributed by atoms with Crippen molar-refractivity contribution in [1.29, 1.82) is 0 Å². The predicted octanol–water partition coefficient (Wildman–Crippen LogP) is 0.770. The van der Waals surface area contributed by atoms with Crippen LogP contribution in [0.4, 0.5) is 0 Å². The fraction of sp³-hybridized carbons (Fsp3) is 0.700. The summed E-state index contributed by atoms with van der Waals surface area (Å²) in [7, 11) is 3.60. The number of hydrogen-bond donors (Lipinski definition) is 1. The van der Waals surface area contributed by atoms with Crippen molar-refractivity contribution < 1.29 is 0 Å². The van der Waals surface area contributed by atoms with Crippen LogP contribution < -0.4 is 11.3 Å². The van der Waals surface area contributed by atoms with Gasteiger partial charge in [-0.25, -0.2) is 0 Å². The maximum Gasteiger partial charge on any atom is 0.266 e. The zero-order valence-electron chi connectivity index (χ0n) is 9.32. The van der Waals surface area contributed by atoms with Crippen LogP contribution in [0.3, 0.4) is 0 Å². The lowest BCUT2D eigenvalue weighted by molar-refractivity contribution is 0.465. The Morgan fingerprint density at radius 2 is 1.93 bits per heavy atom. The van der Waals surface area contributed by atoms with Crippen LogP contribution in [0.2, 0.25) is 0 Å². The first kappa shape index (κ1) is 11.0. The first-order valence-corrected chi connectivity index (χ1v) is 4.92. The Balaban J connectivity index is 2.96. The Hall–Kier alpha value is -1.03. The van der Waals surface area contributed by atoms with E-state index in [1.807, 2.05) is 11.7 Å². The molecule has 0 saturated carbocycles. The Kier molecular flexibility index (Phi) is 3.16. The summed E-state index contributed by atoms with van der Waals surface area (Å²) in [5.41, 5.74) is 6.92. The van der Waals surface area contributed by atoms with E-state index in [9.17, 15) is 4.79 Å². The van der Waals surface area contributed by atoms with Gasteiger partial charge < -0.3 is 5.73 Å². The third kappa shape index (κ3) is 2.07. The van der Waals surface area contributed by atoms with Crippen LogP contribution in [-0.2, 0) is 14.1 Å². The molecule has 0 radical (unpaired) electrons. The summed E-state index contributed by atoms with van der Waals surface area (Å²) in [6.45, 7) is 4.25. The maximum absolute atomic E-state index is 11.3. The van der Waals surface area contributed by atoms with Gasteiger partial charge in [0.1, 0.15) is 0 Å². The van der Waals surface area contributed by atoms with Crippen molar-refractivity contribution in [2.24, 2.45) is 25.7 Å². The molecule has 80 valence electrons. The molecule has 0 bridgehead atoms. The molecule has 1 aromatic rings. The van der Waals surface area contributed by atoms with Gasteiger partial charge in [0, 0.05) is 26.2 Å². The van der Waals surface area contributed by atoms with Crippen molar-refractivity contribution in [3.8, 4) is 0 Å². The van der Waals surface area contributed by atoms with Crippen LogP contribution in [0.5, 0.6) is 0 Å². The summed E-state index contributed by atoms with van der Waals surface area (Å²) in [5, 5.41) is 0. The Bertz CT molecular complexity index is 362. The molecule has 0 aliphatic carbocycles. The van der Waals surface area contributed by atoms with Gasteiger partial charge in [0.2, 0.25) is 0 Å². The minimum atomic E-state index is -0.0473. The summed E-state index contributed by atoms with van der Waals surface area (Å²) >= 11 is 0. The second-order valence-corrected chi connectivity index (χ2v) is 4.19. The van der Waals surface area contributed by atoms with Crippen LogP contribution in [0, 0.1) is 5.92 Å². The molecule has 2 N–H and O–H groups in total. The summed E-state index contributed by atoms with van der Waals surface area (Å²) < 4.78 is 3.38.